The zero-order valence-electron chi connectivity index (χ0n) is 17.9. The number of carbonyl (C=O) groups excluding carboxylic acids is 2. The van der Waals surface area contributed by atoms with Gasteiger partial charge in [0.15, 0.2) is 17.3 Å². The Hall–Kier alpha value is -3.54. The second-order valence-electron chi connectivity index (χ2n) is 7.46. The molecule has 1 aliphatic rings. The molecule has 0 bridgehead atoms. The minimum Gasteiger partial charge on any atom is -0.493 e. The Bertz CT molecular complexity index is 1120. The van der Waals surface area contributed by atoms with E-state index < -0.39 is 5.97 Å². The van der Waals surface area contributed by atoms with Gasteiger partial charge in [-0.1, -0.05) is 36.4 Å². The molecule has 1 aliphatic carbocycles. The number of esters is 1. The summed E-state index contributed by atoms with van der Waals surface area (Å²) >= 11 is 0. The van der Waals surface area contributed by atoms with E-state index in [0.29, 0.717) is 41.2 Å². The molecule has 0 aliphatic heterocycles. The largest absolute Gasteiger partial charge is 0.493 e. The number of hydrogen-bond donors (Lipinski definition) is 1. The van der Waals surface area contributed by atoms with Crippen LogP contribution in [-0.2, 0) is 11.2 Å². The molecule has 1 atom stereocenters. The molecule has 0 unspecified atom stereocenters. The van der Waals surface area contributed by atoms with Crippen LogP contribution in [0.1, 0.15) is 51.4 Å². The first kappa shape index (κ1) is 20.7. The Morgan fingerprint density at radius 2 is 1.74 bits per heavy atom. The minimum absolute atomic E-state index is 0.00619. The topological polar surface area (TPSA) is 77.6 Å². The third-order valence-corrected chi connectivity index (χ3v) is 5.66. The van der Waals surface area contributed by atoms with Gasteiger partial charge in [0.1, 0.15) is 5.69 Å². The van der Waals surface area contributed by atoms with Gasteiger partial charge in [0.05, 0.1) is 20.8 Å². The fourth-order valence-corrected chi connectivity index (χ4v) is 4.25. The highest BCUT2D eigenvalue weighted by molar-refractivity contribution is 6.10. The molecular weight excluding hydrogens is 394 g/mol. The third-order valence-electron chi connectivity index (χ3n) is 5.66. The molecule has 160 valence electrons. The highest BCUT2D eigenvalue weighted by Gasteiger charge is 2.34. The SMILES string of the molecule is CCOC(=O)c1[nH]c2c(c1-c1ccccc1)C(=O)C[C@@H](c1ccc(OC)c(OC)c1)C2. The molecule has 0 saturated heterocycles. The number of carbonyl (C=O) groups is 2. The molecule has 6 nitrogen and oxygen atoms in total. The van der Waals surface area contributed by atoms with Crippen LogP contribution in [0.4, 0.5) is 0 Å². The maximum absolute atomic E-state index is 13.3. The van der Waals surface area contributed by atoms with Gasteiger partial charge in [-0.05, 0) is 42.5 Å². The summed E-state index contributed by atoms with van der Waals surface area (Å²) in [4.78, 5) is 29.2. The highest BCUT2D eigenvalue weighted by Crippen LogP contribution is 2.41. The van der Waals surface area contributed by atoms with Crippen LogP contribution >= 0.6 is 0 Å². The Morgan fingerprint density at radius 3 is 2.42 bits per heavy atom. The van der Waals surface area contributed by atoms with Crippen molar-refractivity contribution in [3.05, 3.63) is 71.0 Å². The molecular formula is C25H25NO5. The van der Waals surface area contributed by atoms with E-state index in [4.69, 9.17) is 14.2 Å². The number of hydrogen-bond acceptors (Lipinski definition) is 5. The van der Waals surface area contributed by atoms with Crippen LogP contribution in [0.5, 0.6) is 11.5 Å². The maximum atomic E-state index is 13.3. The predicted molar refractivity (Wildman–Crippen MR) is 117 cm³/mol. The molecule has 1 heterocycles. The van der Waals surface area contributed by atoms with Crippen molar-refractivity contribution in [3.63, 3.8) is 0 Å². The summed E-state index contributed by atoms with van der Waals surface area (Å²) < 4.78 is 16.0. The van der Waals surface area contributed by atoms with Crippen molar-refractivity contribution in [1.29, 1.82) is 0 Å². The van der Waals surface area contributed by atoms with Crippen LogP contribution in [0.2, 0.25) is 0 Å². The number of aromatic amines is 1. The molecule has 1 N–H and O–H groups in total. The van der Waals surface area contributed by atoms with Gasteiger partial charge in [-0.15, -0.1) is 0 Å². The molecule has 0 spiro atoms. The first-order valence-corrected chi connectivity index (χ1v) is 10.3. The number of methoxy groups -OCH3 is 2. The van der Waals surface area contributed by atoms with E-state index in [1.54, 1.807) is 21.1 Å². The molecule has 0 radical (unpaired) electrons. The van der Waals surface area contributed by atoms with Crippen LogP contribution in [0.3, 0.4) is 0 Å². The second kappa shape index (κ2) is 8.68. The normalized spacial score (nSPS) is 15.3. The van der Waals surface area contributed by atoms with Gasteiger partial charge in [0, 0.05) is 23.2 Å². The van der Waals surface area contributed by atoms with Crippen molar-refractivity contribution < 1.29 is 23.8 Å². The van der Waals surface area contributed by atoms with Crippen LogP contribution < -0.4 is 9.47 Å². The fourth-order valence-electron chi connectivity index (χ4n) is 4.25. The number of rotatable bonds is 6. The maximum Gasteiger partial charge on any atom is 0.355 e. The van der Waals surface area contributed by atoms with E-state index in [9.17, 15) is 9.59 Å². The zero-order chi connectivity index (χ0) is 22.0. The summed E-state index contributed by atoms with van der Waals surface area (Å²) in [6, 6.07) is 15.2. The van der Waals surface area contributed by atoms with Gasteiger partial charge in [0.2, 0.25) is 0 Å². The lowest BCUT2D eigenvalue weighted by Crippen LogP contribution is -2.18. The smallest absolute Gasteiger partial charge is 0.355 e. The quantitative estimate of drug-likeness (QED) is 0.582. The highest BCUT2D eigenvalue weighted by atomic mass is 16.5. The lowest BCUT2D eigenvalue weighted by molar-refractivity contribution is 0.0521. The monoisotopic (exact) mass is 419 g/mol. The molecule has 4 rings (SSSR count). The van der Waals surface area contributed by atoms with E-state index in [2.05, 4.69) is 4.98 Å². The van der Waals surface area contributed by atoms with E-state index >= 15 is 0 Å². The van der Waals surface area contributed by atoms with Gasteiger partial charge in [-0.25, -0.2) is 4.79 Å². The molecule has 3 aromatic rings. The molecule has 0 saturated carbocycles. The molecule has 6 heteroatoms. The number of nitrogens with one attached hydrogen (secondary N) is 1. The summed E-state index contributed by atoms with van der Waals surface area (Å²) in [5, 5.41) is 0. The number of benzene rings is 2. The minimum atomic E-state index is -0.453. The van der Waals surface area contributed by atoms with Gasteiger partial charge in [0.25, 0.3) is 0 Å². The van der Waals surface area contributed by atoms with Gasteiger partial charge in [-0.3, -0.25) is 4.79 Å². The van der Waals surface area contributed by atoms with Crippen molar-refractivity contribution in [3.8, 4) is 22.6 Å². The molecule has 2 aromatic carbocycles. The third kappa shape index (κ3) is 3.81. The predicted octanol–water partition coefficient (Wildman–Crippen LogP) is 4.79. The van der Waals surface area contributed by atoms with Crippen LogP contribution in [0, 0.1) is 0 Å². The molecule has 31 heavy (non-hydrogen) atoms. The number of H-pyrrole nitrogens is 1. The summed E-state index contributed by atoms with van der Waals surface area (Å²) in [5.41, 5.74) is 4.12. The van der Waals surface area contributed by atoms with Crippen molar-refractivity contribution in [2.75, 3.05) is 20.8 Å². The Morgan fingerprint density at radius 1 is 1.00 bits per heavy atom. The first-order chi connectivity index (χ1) is 15.1. The van der Waals surface area contributed by atoms with Crippen molar-refractivity contribution >= 4 is 11.8 Å². The van der Waals surface area contributed by atoms with E-state index in [0.717, 1.165) is 16.8 Å². The Balaban J connectivity index is 1.78. The van der Waals surface area contributed by atoms with Crippen LogP contribution in [0.25, 0.3) is 11.1 Å². The second-order valence-corrected chi connectivity index (χ2v) is 7.46. The average molecular weight is 419 g/mol. The van der Waals surface area contributed by atoms with Crippen molar-refractivity contribution in [1.82, 2.24) is 4.98 Å². The van der Waals surface area contributed by atoms with Crippen LogP contribution in [0.15, 0.2) is 48.5 Å². The van der Waals surface area contributed by atoms with Crippen molar-refractivity contribution in [2.45, 2.75) is 25.7 Å². The average Bonchev–Trinajstić information content (AvgIpc) is 3.19. The summed E-state index contributed by atoms with van der Waals surface area (Å²) in [6.07, 6.45) is 0.957. The van der Waals surface area contributed by atoms with Gasteiger partial charge in [-0.2, -0.15) is 0 Å². The summed E-state index contributed by atoms with van der Waals surface area (Å²) in [6.45, 7) is 2.03. The molecule has 0 amide bonds. The lowest BCUT2D eigenvalue weighted by atomic mass is 9.80. The first-order valence-electron chi connectivity index (χ1n) is 10.3. The van der Waals surface area contributed by atoms with E-state index in [1.165, 1.54) is 0 Å². The van der Waals surface area contributed by atoms with E-state index in [-0.39, 0.29) is 18.3 Å². The number of ketones is 1. The number of ether oxygens (including phenoxy) is 3. The van der Waals surface area contributed by atoms with Crippen LogP contribution in [-0.4, -0.2) is 37.6 Å². The summed E-state index contributed by atoms with van der Waals surface area (Å²) in [5.74, 6) is 0.793. The molecule has 1 aromatic heterocycles. The van der Waals surface area contributed by atoms with Gasteiger partial charge < -0.3 is 19.2 Å². The lowest BCUT2D eigenvalue weighted by Gasteiger charge is -2.23. The number of fused-ring (bicyclic) bond motifs is 1. The number of Topliss-reactive ketones (excluding diaryl/α,β-unsaturated/α-hetero) is 1. The fraction of sp³-hybridized carbons (Fsp3) is 0.280. The van der Waals surface area contributed by atoms with E-state index in [1.807, 2.05) is 48.5 Å². The standard InChI is InChI=1S/C25H25NO5/c1-4-31-25(28)24-22(15-8-6-5-7-9-15)23-18(26-24)12-17(13-19(23)27)16-10-11-20(29-2)21(14-16)30-3/h5-11,14,17,26H,4,12-13H2,1-3H3/t17-/m0/s1. The van der Waals surface area contributed by atoms with Gasteiger partial charge >= 0.3 is 5.97 Å². The Labute approximate surface area is 181 Å². The Kier molecular flexibility index (Phi) is 5.80. The zero-order valence-corrected chi connectivity index (χ0v) is 17.9. The number of aromatic nitrogens is 1. The summed E-state index contributed by atoms with van der Waals surface area (Å²) in [7, 11) is 3.18. The molecule has 0 fully saturated rings. The van der Waals surface area contributed by atoms with Crippen molar-refractivity contribution in [2.24, 2.45) is 0 Å².